The zero-order valence-corrected chi connectivity index (χ0v) is 13.6. The van der Waals surface area contributed by atoms with Crippen LogP contribution >= 0.6 is 0 Å². The van der Waals surface area contributed by atoms with E-state index in [-0.39, 0.29) is 0 Å². The Bertz CT molecular complexity index is 363. The third kappa shape index (κ3) is 6.42. The highest BCUT2D eigenvalue weighted by atomic mass is 16.5. The van der Waals surface area contributed by atoms with Crippen LogP contribution in [0.4, 0.5) is 5.95 Å². The van der Waals surface area contributed by atoms with Crippen LogP contribution in [0.25, 0.3) is 0 Å². The Morgan fingerprint density at radius 1 is 1.30 bits per heavy atom. The molecule has 0 amide bonds. The number of hydrogen-bond acceptors (Lipinski definition) is 3. The van der Waals surface area contributed by atoms with Gasteiger partial charge in [0.1, 0.15) is 0 Å². The van der Waals surface area contributed by atoms with Gasteiger partial charge in [0.05, 0.1) is 5.69 Å². The number of rotatable bonds is 11. The van der Waals surface area contributed by atoms with Gasteiger partial charge in [-0.15, -0.1) is 0 Å². The molecular weight excluding hydrogens is 250 g/mol. The van der Waals surface area contributed by atoms with E-state index in [0.717, 1.165) is 37.8 Å². The van der Waals surface area contributed by atoms with Gasteiger partial charge in [-0.05, 0) is 33.6 Å². The van der Waals surface area contributed by atoms with Gasteiger partial charge in [0.25, 0.3) is 0 Å². The number of imidazole rings is 1. The van der Waals surface area contributed by atoms with Crippen molar-refractivity contribution in [2.45, 2.75) is 72.4 Å². The Hall–Kier alpha value is -1.03. The van der Waals surface area contributed by atoms with Crippen LogP contribution in [0, 0.1) is 6.92 Å². The van der Waals surface area contributed by atoms with Crippen LogP contribution in [-0.2, 0) is 11.3 Å². The number of nitrogens with one attached hydrogen (secondary N) is 1. The highest BCUT2D eigenvalue weighted by Gasteiger charge is 2.08. The molecule has 0 fully saturated rings. The van der Waals surface area contributed by atoms with E-state index < -0.39 is 0 Å². The largest absolute Gasteiger partial charge is 0.382 e. The number of unbranched alkanes of at least 4 members (excludes halogenated alkanes) is 2. The maximum absolute atomic E-state index is 5.39. The molecule has 116 valence electrons. The van der Waals surface area contributed by atoms with E-state index in [0.29, 0.717) is 6.04 Å². The molecule has 1 aromatic rings. The minimum atomic E-state index is 0.481. The minimum Gasteiger partial charge on any atom is -0.382 e. The van der Waals surface area contributed by atoms with Crippen molar-refractivity contribution in [2.24, 2.45) is 0 Å². The Morgan fingerprint density at radius 3 is 2.80 bits per heavy atom. The van der Waals surface area contributed by atoms with E-state index in [4.69, 9.17) is 4.74 Å². The average Bonchev–Trinajstić information content (AvgIpc) is 2.75. The summed E-state index contributed by atoms with van der Waals surface area (Å²) in [6, 6.07) is 0.481. The lowest BCUT2D eigenvalue weighted by molar-refractivity contribution is 0.142. The molecule has 0 aromatic carbocycles. The van der Waals surface area contributed by atoms with Crippen molar-refractivity contribution in [1.29, 1.82) is 0 Å². The molecule has 0 radical (unpaired) electrons. The molecule has 4 heteroatoms. The third-order valence-corrected chi connectivity index (χ3v) is 3.40. The first-order valence-corrected chi connectivity index (χ1v) is 8.05. The molecule has 1 aromatic heterocycles. The molecule has 0 saturated carbocycles. The first kappa shape index (κ1) is 17.0. The highest BCUT2D eigenvalue weighted by molar-refractivity contribution is 5.29. The molecule has 1 heterocycles. The summed E-state index contributed by atoms with van der Waals surface area (Å²) < 4.78 is 7.61. The lowest BCUT2D eigenvalue weighted by Gasteiger charge is -2.16. The van der Waals surface area contributed by atoms with Crippen LogP contribution < -0.4 is 5.32 Å². The van der Waals surface area contributed by atoms with E-state index in [2.05, 4.69) is 34.9 Å². The van der Waals surface area contributed by atoms with E-state index in [1.165, 1.54) is 25.7 Å². The quantitative estimate of drug-likeness (QED) is 0.623. The standard InChI is InChI=1S/C16H31N3O/c1-5-7-8-10-14(3)17-16-18-15(4)13-19(16)11-9-12-20-6-2/h13-14H,5-12H2,1-4H3,(H,17,18). The van der Waals surface area contributed by atoms with Crippen LogP contribution in [0.1, 0.15) is 58.6 Å². The maximum Gasteiger partial charge on any atom is 0.203 e. The fourth-order valence-corrected chi connectivity index (χ4v) is 2.31. The van der Waals surface area contributed by atoms with Crippen LogP contribution in [0.3, 0.4) is 0 Å². The molecule has 4 nitrogen and oxygen atoms in total. The van der Waals surface area contributed by atoms with Crippen molar-refractivity contribution < 1.29 is 4.74 Å². The van der Waals surface area contributed by atoms with Crippen molar-refractivity contribution in [3.8, 4) is 0 Å². The zero-order chi connectivity index (χ0) is 14.8. The molecule has 0 bridgehead atoms. The summed E-state index contributed by atoms with van der Waals surface area (Å²) in [7, 11) is 0. The van der Waals surface area contributed by atoms with Crippen molar-refractivity contribution in [3.63, 3.8) is 0 Å². The summed E-state index contributed by atoms with van der Waals surface area (Å²) in [6.07, 6.45) is 8.23. The molecule has 1 N–H and O–H groups in total. The Balaban J connectivity index is 2.43. The van der Waals surface area contributed by atoms with E-state index in [1.54, 1.807) is 0 Å². The Morgan fingerprint density at radius 2 is 2.10 bits per heavy atom. The molecule has 0 saturated heterocycles. The number of anilines is 1. The predicted octanol–water partition coefficient (Wildman–Crippen LogP) is 4.00. The van der Waals surface area contributed by atoms with E-state index in [9.17, 15) is 0 Å². The van der Waals surface area contributed by atoms with Crippen LogP contribution in [0.15, 0.2) is 6.20 Å². The highest BCUT2D eigenvalue weighted by Crippen LogP contribution is 2.13. The summed E-state index contributed by atoms with van der Waals surface area (Å²) in [6.45, 7) is 11.1. The van der Waals surface area contributed by atoms with Gasteiger partial charge in [-0.2, -0.15) is 0 Å². The average molecular weight is 281 g/mol. The lowest BCUT2D eigenvalue weighted by Crippen LogP contribution is -2.18. The van der Waals surface area contributed by atoms with Crippen LogP contribution in [0.5, 0.6) is 0 Å². The third-order valence-electron chi connectivity index (χ3n) is 3.40. The molecule has 1 atom stereocenters. The Labute approximate surface area is 123 Å². The first-order chi connectivity index (χ1) is 9.67. The first-order valence-electron chi connectivity index (χ1n) is 8.05. The van der Waals surface area contributed by atoms with Gasteiger partial charge in [0.15, 0.2) is 0 Å². The van der Waals surface area contributed by atoms with Crippen LogP contribution in [-0.4, -0.2) is 28.8 Å². The summed E-state index contributed by atoms with van der Waals surface area (Å²) in [5.74, 6) is 1.00. The van der Waals surface area contributed by atoms with Gasteiger partial charge in [0, 0.05) is 32.0 Å². The van der Waals surface area contributed by atoms with Crippen molar-refractivity contribution >= 4 is 5.95 Å². The smallest absolute Gasteiger partial charge is 0.203 e. The molecule has 20 heavy (non-hydrogen) atoms. The predicted molar refractivity (Wildman–Crippen MR) is 85.3 cm³/mol. The van der Waals surface area contributed by atoms with Gasteiger partial charge in [-0.1, -0.05) is 26.2 Å². The van der Waals surface area contributed by atoms with Crippen molar-refractivity contribution in [3.05, 3.63) is 11.9 Å². The molecule has 1 unspecified atom stereocenters. The summed E-state index contributed by atoms with van der Waals surface area (Å²) in [5, 5.41) is 3.54. The molecular formula is C16H31N3O. The number of aromatic nitrogens is 2. The van der Waals surface area contributed by atoms with Crippen LogP contribution in [0.2, 0.25) is 0 Å². The number of ether oxygens (including phenoxy) is 1. The topological polar surface area (TPSA) is 39.1 Å². The molecule has 0 aliphatic carbocycles. The monoisotopic (exact) mass is 281 g/mol. The maximum atomic E-state index is 5.39. The SMILES string of the molecule is CCCCCC(C)Nc1nc(C)cn1CCCOCC. The minimum absolute atomic E-state index is 0.481. The van der Waals surface area contributed by atoms with E-state index >= 15 is 0 Å². The summed E-state index contributed by atoms with van der Waals surface area (Å²) in [4.78, 5) is 4.59. The molecule has 0 aliphatic rings. The second-order valence-electron chi connectivity index (χ2n) is 5.49. The fourth-order valence-electron chi connectivity index (χ4n) is 2.31. The second kappa shape index (κ2) is 9.81. The van der Waals surface area contributed by atoms with Gasteiger partial charge in [0.2, 0.25) is 5.95 Å². The second-order valence-corrected chi connectivity index (χ2v) is 5.49. The number of aryl methyl sites for hydroxylation is 2. The van der Waals surface area contributed by atoms with Gasteiger partial charge in [-0.25, -0.2) is 4.98 Å². The lowest BCUT2D eigenvalue weighted by atomic mass is 10.1. The summed E-state index contributed by atoms with van der Waals surface area (Å²) in [5.41, 5.74) is 1.07. The molecule has 1 rings (SSSR count). The fraction of sp³-hybridized carbons (Fsp3) is 0.812. The Kier molecular flexibility index (Phi) is 8.35. The zero-order valence-electron chi connectivity index (χ0n) is 13.6. The summed E-state index contributed by atoms with van der Waals surface area (Å²) >= 11 is 0. The van der Waals surface area contributed by atoms with Crippen molar-refractivity contribution in [2.75, 3.05) is 18.5 Å². The number of nitrogens with zero attached hydrogens (tertiary/aromatic N) is 2. The number of hydrogen-bond donors (Lipinski definition) is 1. The van der Waals surface area contributed by atoms with Crippen molar-refractivity contribution in [1.82, 2.24) is 9.55 Å². The van der Waals surface area contributed by atoms with E-state index in [1.807, 2.05) is 13.8 Å². The molecule has 0 spiro atoms. The van der Waals surface area contributed by atoms with Gasteiger partial charge < -0.3 is 14.6 Å². The van der Waals surface area contributed by atoms with Gasteiger partial charge >= 0.3 is 0 Å². The normalized spacial score (nSPS) is 12.6. The van der Waals surface area contributed by atoms with Gasteiger partial charge in [-0.3, -0.25) is 0 Å². The molecule has 0 aliphatic heterocycles.